The van der Waals surface area contributed by atoms with Gasteiger partial charge in [-0.3, -0.25) is 9.59 Å². The van der Waals surface area contributed by atoms with Crippen molar-refractivity contribution in [1.82, 2.24) is 0 Å². The number of carbonyl (C=O) groups excluding carboxylic acids is 2. The molecule has 146 valence electrons. The topological polar surface area (TPSA) is 174 Å². The van der Waals surface area contributed by atoms with Gasteiger partial charge in [0.2, 0.25) is 17.9 Å². The quantitative estimate of drug-likeness (QED) is 0.342. The number of carbonyl (C=O) groups is 2. The highest BCUT2D eigenvalue weighted by Crippen LogP contribution is 2.40. The Kier molecular flexibility index (Phi) is 4.93. The second-order valence-corrected chi connectivity index (χ2v) is 6.28. The molecule has 0 spiro atoms. The maximum atomic E-state index is 12.4. The van der Waals surface area contributed by atoms with E-state index in [4.69, 9.17) is 9.47 Å². The van der Waals surface area contributed by atoms with Gasteiger partial charge in [0.25, 0.3) is 0 Å². The molecule has 0 saturated carbocycles. The number of ether oxygens (including phenoxy) is 2. The Hall–Kier alpha value is -2.50. The normalized spacial score (nSPS) is 31.1. The molecule has 1 aliphatic heterocycles. The molecular formula is C17H18O10. The molecule has 1 aromatic rings. The van der Waals surface area contributed by atoms with E-state index in [0.29, 0.717) is 0 Å². The number of hydrogen-bond acceptors (Lipinski definition) is 10. The molecule has 2 aliphatic rings. The molecule has 27 heavy (non-hydrogen) atoms. The number of aliphatic hydroxyl groups is 5. The zero-order valence-electron chi connectivity index (χ0n) is 14.1. The summed E-state index contributed by atoms with van der Waals surface area (Å²) in [6.45, 7) is 0.543. The van der Waals surface area contributed by atoms with Crippen LogP contribution < -0.4 is 4.74 Å². The maximum Gasteiger partial charge on any atom is 0.237 e. The number of rotatable bonds is 3. The number of fused-ring (bicyclic) bond motifs is 1. The first-order valence-electron chi connectivity index (χ1n) is 8.01. The second kappa shape index (κ2) is 6.91. The molecule has 0 radical (unpaired) electrons. The zero-order valence-corrected chi connectivity index (χ0v) is 14.1. The van der Waals surface area contributed by atoms with E-state index in [2.05, 4.69) is 0 Å². The van der Waals surface area contributed by atoms with Crippen LogP contribution in [0.4, 0.5) is 0 Å². The van der Waals surface area contributed by atoms with Crippen molar-refractivity contribution in [3.63, 3.8) is 0 Å². The Bertz CT molecular complexity index is 827. The van der Waals surface area contributed by atoms with Crippen LogP contribution in [0.15, 0.2) is 17.7 Å². The minimum absolute atomic E-state index is 0.243. The lowest BCUT2D eigenvalue weighted by Gasteiger charge is -2.39. The summed E-state index contributed by atoms with van der Waals surface area (Å²) in [7, 11) is 0. The average Bonchev–Trinajstić information content (AvgIpc) is 2.65. The summed E-state index contributed by atoms with van der Waals surface area (Å²) < 4.78 is 10.6. The van der Waals surface area contributed by atoms with Gasteiger partial charge in [0.05, 0.1) is 17.7 Å². The fraction of sp³-hybridized carbons (Fsp3) is 0.412. The largest absolute Gasteiger partial charge is 0.507 e. The molecule has 1 fully saturated rings. The molecule has 10 nitrogen and oxygen atoms in total. The van der Waals surface area contributed by atoms with Gasteiger partial charge in [-0.1, -0.05) is 0 Å². The van der Waals surface area contributed by atoms with Gasteiger partial charge in [-0.15, -0.1) is 0 Å². The summed E-state index contributed by atoms with van der Waals surface area (Å²) >= 11 is 0. The molecule has 0 amide bonds. The third-order valence-corrected chi connectivity index (χ3v) is 4.60. The SMILES string of the molecule is CC1=C(O)c2c(O)ccc(OC3OC(CO)C(O)C(O)C3O)c2C(=O)C1=O. The fourth-order valence-corrected chi connectivity index (χ4v) is 3.00. The van der Waals surface area contributed by atoms with E-state index in [-0.39, 0.29) is 16.9 Å². The van der Waals surface area contributed by atoms with Gasteiger partial charge in [0.15, 0.2) is 0 Å². The number of hydrogen-bond donors (Lipinski definition) is 6. The Morgan fingerprint density at radius 3 is 2.30 bits per heavy atom. The highest BCUT2D eigenvalue weighted by atomic mass is 16.7. The fourth-order valence-electron chi connectivity index (χ4n) is 3.00. The highest BCUT2D eigenvalue weighted by Gasteiger charge is 2.45. The van der Waals surface area contributed by atoms with Crippen molar-refractivity contribution in [2.75, 3.05) is 6.61 Å². The minimum Gasteiger partial charge on any atom is -0.507 e. The van der Waals surface area contributed by atoms with E-state index in [0.717, 1.165) is 12.1 Å². The van der Waals surface area contributed by atoms with Crippen LogP contribution in [-0.2, 0) is 9.53 Å². The number of phenols is 1. The third kappa shape index (κ3) is 2.97. The van der Waals surface area contributed by atoms with Crippen molar-refractivity contribution in [2.24, 2.45) is 0 Å². The molecule has 10 heteroatoms. The van der Waals surface area contributed by atoms with Gasteiger partial charge in [0.1, 0.15) is 41.7 Å². The molecule has 0 bridgehead atoms. The van der Waals surface area contributed by atoms with Crippen molar-refractivity contribution in [3.05, 3.63) is 28.8 Å². The van der Waals surface area contributed by atoms with Crippen molar-refractivity contribution < 1.29 is 49.7 Å². The monoisotopic (exact) mass is 382 g/mol. The summed E-state index contributed by atoms with van der Waals surface area (Å²) in [6, 6.07) is 2.22. The van der Waals surface area contributed by atoms with E-state index in [1.165, 1.54) is 6.92 Å². The summed E-state index contributed by atoms with van der Waals surface area (Å²) in [6.07, 6.45) is -7.90. The van der Waals surface area contributed by atoms with Crippen molar-refractivity contribution in [3.8, 4) is 11.5 Å². The smallest absolute Gasteiger partial charge is 0.237 e. The van der Waals surface area contributed by atoms with Gasteiger partial charge in [-0.25, -0.2) is 0 Å². The highest BCUT2D eigenvalue weighted by molar-refractivity contribution is 6.52. The molecule has 0 aromatic heterocycles. The minimum atomic E-state index is -1.74. The van der Waals surface area contributed by atoms with Crippen molar-refractivity contribution in [2.45, 2.75) is 37.6 Å². The van der Waals surface area contributed by atoms with Crippen molar-refractivity contribution >= 4 is 17.3 Å². The van der Waals surface area contributed by atoms with Gasteiger partial charge >= 0.3 is 0 Å². The van der Waals surface area contributed by atoms with Gasteiger partial charge in [0, 0.05) is 5.57 Å². The average molecular weight is 382 g/mol. The van der Waals surface area contributed by atoms with Crippen LogP contribution in [0.2, 0.25) is 0 Å². The number of ketones is 2. The molecule has 5 unspecified atom stereocenters. The third-order valence-electron chi connectivity index (χ3n) is 4.60. The Morgan fingerprint density at radius 1 is 1.00 bits per heavy atom. The van der Waals surface area contributed by atoms with Crippen LogP contribution in [-0.4, -0.2) is 79.5 Å². The lowest BCUT2D eigenvalue weighted by atomic mass is 9.88. The summed E-state index contributed by atoms with van der Waals surface area (Å²) in [4.78, 5) is 24.4. The molecule has 1 heterocycles. The first-order chi connectivity index (χ1) is 12.7. The standard InChI is InChI=1S/C17H18O10/c1-5-11(20)9-6(19)2-3-7(10(9)14(23)12(5)21)26-17-16(25)15(24)13(22)8(4-18)27-17/h2-3,8,13,15-20,22,24-25H,4H2,1H3. The van der Waals surface area contributed by atoms with Gasteiger partial charge in [-0.2, -0.15) is 0 Å². The zero-order chi connectivity index (χ0) is 20.0. The number of benzene rings is 1. The van der Waals surface area contributed by atoms with Gasteiger partial charge in [-0.05, 0) is 19.1 Å². The Balaban J connectivity index is 2.03. The van der Waals surface area contributed by atoms with E-state index < -0.39 is 66.0 Å². The molecule has 1 saturated heterocycles. The summed E-state index contributed by atoms with van der Waals surface area (Å²) in [5, 5.41) is 59.0. The molecule has 1 aromatic carbocycles. The van der Waals surface area contributed by atoms with Crippen LogP contribution in [0, 0.1) is 0 Å². The van der Waals surface area contributed by atoms with Crippen LogP contribution in [0.25, 0.3) is 5.76 Å². The van der Waals surface area contributed by atoms with Gasteiger partial charge < -0.3 is 40.1 Å². The molecule has 3 rings (SSSR count). The van der Waals surface area contributed by atoms with Crippen LogP contribution in [0.5, 0.6) is 11.5 Å². The summed E-state index contributed by atoms with van der Waals surface area (Å²) in [5.41, 5.74) is -0.980. The first kappa shape index (κ1) is 19.3. The second-order valence-electron chi connectivity index (χ2n) is 6.28. The predicted molar refractivity (Wildman–Crippen MR) is 87.1 cm³/mol. The molecule has 6 N–H and O–H groups in total. The van der Waals surface area contributed by atoms with E-state index >= 15 is 0 Å². The number of allylic oxidation sites excluding steroid dienone is 1. The molecule has 1 aliphatic carbocycles. The van der Waals surface area contributed by atoms with Crippen LogP contribution in [0.3, 0.4) is 0 Å². The number of phenolic OH excluding ortho intramolecular Hbond substituents is 1. The Morgan fingerprint density at radius 2 is 1.67 bits per heavy atom. The predicted octanol–water partition coefficient (Wildman–Crippen LogP) is -1.37. The number of aromatic hydroxyl groups is 1. The number of Topliss-reactive ketones (excluding diaryl/α,β-unsaturated/α-hetero) is 2. The van der Waals surface area contributed by atoms with E-state index in [1.807, 2.05) is 0 Å². The summed E-state index contributed by atoms with van der Waals surface area (Å²) in [5.74, 6) is -3.40. The lowest BCUT2D eigenvalue weighted by molar-refractivity contribution is -0.277. The van der Waals surface area contributed by atoms with Crippen molar-refractivity contribution in [1.29, 1.82) is 0 Å². The molecule has 5 atom stereocenters. The van der Waals surface area contributed by atoms with E-state index in [9.17, 15) is 40.2 Å². The van der Waals surface area contributed by atoms with Crippen LogP contribution in [0.1, 0.15) is 22.8 Å². The maximum absolute atomic E-state index is 12.4. The molecular weight excluding hydrogens is 364 g/mol. The number of aliphatic hydroxyl groups excluding tert-OH is 5. The Labute approximate surface area is 152 Å². The van der Waals surface area contributed by atoms with E-state index in [1.54, 1.807) is 0 Å². The first-order valence-corrected chi connectivity index (χ1v) is 8.01. The lowest BCUT2D eigenvalue weighted by Crippen LogP contribution is -2.60. The van der Waals surface area contributed by atoms with Crippen LogP contribution >= 0.6 is 0 Å².